The van der Waals surface area contributed by atoms with E-state index in [2.05, 4.69) is 25.9 Å². The first-order chi connectivity index (χ1) is 9.06. The van der Waals surface area contributed by atoms with Crippen molar-refractivity contribution in [2.45, 2.75) is 6.04 Å². The Balaban J connectivity index is 2.05. The van der Waals surface area contributed by atoms with Crippen LogP contribution >= 0.6 is 39.0 Å². The largest absolute Gasteiger partial charge is 0.480 e. The molecule has 0 amide bonds. The number of anilines is 1. The molecular formula is C11H8BrN3O2S2. The second-order valence-corrected chi connectivity index (χ2v) is 6.74. The molecular weight excluding hydrogens is 350 g/mol. The fourth-order valence-corrected chi connectivity index (χ4v) is 4.37. The number of fused-ring (bicyclic) bond motifs is 1. The molecule has 0 unspecified atom stereocenters. The molecule has 3 rings (SSSR count). The van der Waals surface area contributed by atoms with E-state index in [1.165, 1.54) is 23.1 Å². The maximum atomic E-state index is 10.9. The first kappa shape index (κ1) is 12.9. The lowest BCUT2D eigenvalue weighted by atomic mass is 10.3. The van der Waals surface area contributed by atoms with Crippen molar-refractivity contribution in [1.82, 2.24) is 4.98 Å². The highest BCUT2D eigenvalue weighted by atomic mass is 79.9. The van der Waals surface area contributed by atoms with Crippen LogP contribution in [0.5, 0.6) is 0 Å². The van der Waals surface area contributed by atoms with Gasteiger partial charge >= 0.3 is 5.97 Å². The number of carboxylic acid groups (broad SMARTS) is 1. The molecule has 98 valence electrons. The summed E-state index contributed by atoms with van der Waals surface area (Å²) in [6, 6.07) is 2.98. The molecule has 19 heavy (non-hydrogen) atoms. The van der Waals surface area contributed by atoms with Gasteiger partial charge in [-0.2, -0.15) is 0 Å². The van der Waals surface area contributed by atoms with Crippen LogP contribution in [0.15, 0.2) is 21.6 Å². The topological polar surface area (TPSA) is 88.6 Å². The molecule has 0 radical (unpaired) electrons. The summed E-state index contributed by atoms with van der Waals surface area (Å²) in [6.07, 6.45) is 0. The van der Waals surface area contributed by atoms with Crippen LogP contribution < -0.4 is 5.73 Å². The molecule has 1 aliphatic rings. The van der Waals surface area contributed by atoms with Crippen molar-refractivity contribution >= 4 is 65.9 Å². The average molecular weight is 358 g/mol. The third-order valence-electron chi connectivity index (χ3n) is 2.65. The number of rotatable bonds is 2. The van der Waals surface area contributed by atoms with Gasteiger partial charge in [0.25, 0.3) is 0 Å². The maximum absolute atomic E-state index is 10.9. The standard InChI is InChI=1S/C11H8BrN3O2S2/c12-7-4(13)1-2-5-8(7)19-10(14-5)9-15-6(3-18-9)11(16)17/h1-2,6H,3,13H2,(H,16,17)/t6-/m1/s1. The van der Waals surface area contributed by atoms with Crippen LogP contribution in [-0.2, 0) is 4.79 Å². The van der Waals surface area contributed by atoms with Gasteiger partial charge in [-0.3, -0.25) is 4.99 Å². The van der Waals surface area contributed by atoms with Gasteiger partial charge in [-0.1, -0.05) is 0 Å². The molecule has 8 heteroatoms. The number of carboxylic acids is 1. The van der Waals surface area contributed by atoms with E-state index in [0.717, 1.165) is 19.7 Å². The number of nitrogen functional groups attached to an aromatic ring is 1. The SMILES string of the molecule is Nc1ccc2nc(C3=N[C@@H](C(=O)O)CS3)sc2c1Br. The van der Waals surface area contributed by atoms with E-state index in [0.29, 0.717) is 16.5 Å². The van der Waals surface area contributed by atoms with Gasteiger partial charge < -0.3 is 10.8 Å². The van der Waals surface area contributed by atoms with E-state index in [9.17, 15) is 4.79 Å². The van der Waals surface area contributed by atoms with Crippen LogP contribution in [-0.4, -0.2) is 32.9 Å². The van der Waals surface area contributed by atoms with Gasteiger partial charge in [-0.05, 0) is 28.1 Å². The zero-order valence-electron chi connectivity index (χ0n) is 9.46. The molecule has 1 atom stereocenters. The Morgan fingerprint density at radius 2 is 2.32 bits per heavy atom. The zero-order chi connectivity index (χ0) is 13.6. The quantitative estimate of drug-likeness (QED) is 0.806. The summed E-state index contributed by atoms with van der Waals surface area (Å²) in [7, 11) is 0. The number of hydrogen-bond acceptors (Lipinski definition) is 6. The Morgan fingerprint density at radius 1 is 1.53 bits per heavy atom. The van der Waals surface area contributed by atoms with Crippen LogP contribution in [0.4, 0.5) is 5.69 Å². The predicted octanol–water partition coefficient (Wildman–Crippen LogP) is 2.59. The number of thioether (sulfide) groups is 1. The molecule has 1 aromatic heterocycles. The number of aliphatic imine (C=N–C) groups is 1. The van der Waals surface area contributed by atoms with Gasteiger partial charge in [0.05, 0.1) is 14.7 Å². The normalized spacial score (nSPS) is 18.8. The molecule has 0 spiro atoms. The molecule has 1 aliphatic heterocycles. The number of hydrogen-bond donors (Lipinski definition) is 2. The molecule has 0 bridgehead atoms. The predicted molar refractivity (Wildman–Crippen MR) is 82.2 cm³/mol. The summed E-state index contributed by atoms with van der Waals surface area (Å²) >= 11 is 6.34. The summed E-state index contributed by atoms with van der Waals surface area (Å²) < 4.78 is 1.78. The van der Waals surface area contributed by atoms with Gasteiger partial charge in [0.2, 0.25) is 0 Å². The van der Waals surface area contributed by atoms with E-state index in [4.69, 9.17) is 10.8 Å². The molecule has 3 N–H and O–H groups in total. The van der Waals surface area contributed by atoms with E-state index in [1.807, 2.05) is 6.07 Å². The van der Waals surface area contributed by atoms with Gasteiger partial charge in [0.15, 0.2) is 6.04 Å². The molecule has 2 aromatic rings. The lowest BCUT2D eigenvalue weighted by molar-refractivity contribution is -0.137. The summed E-state index contributed by atoms with van der Waals surface area (Å²) in [5.74, 6) is -0.432. The Bertz CT molecular complexity index is 713. The number of aliphatic carboxylic acids is 1. The van der Waals surface area contributed by atoms with E-state index >= 15 is 0 Å². The molecule has 1 aromatic carbocycles. The van der Waals surface area contributed by atoms with Crippen molar-refractivity contribution in [3.05, 3.63) is 21.6 Å². The van der Waals surface area contributed by atoms with Gasteiger partial charge in [0.1, 0.15) is 10.1 Å². The number of halogens is 1. The van der Waals surface area contributed by atoms with Crippen LogP contribution in [0.25, 0.3) is 10.2 Å². The molecule has 0 aliphatic carbocycles. The maximum Gasteiger partial charge on any atom is 0.329 e. The van der Waals surface area contributed by atoms with Gasteiger partial charge in [-0.15, -0.1) is 23.1 Å². The fourth-order valence-electron chi connectivity index (χ4n) is 1.68. The van der Waals surface area contributed by atoms with Crippen molar-refractivity contribution < 1.29 is 9.90 Å². The Labute approximate surface area is 125 Å². The monoisotopic (exact) mass is 357 g/mol. The molecule has 0 saturated heterocycles. The average Bonchev–Trinajstić information content (AvgIpc) is 2.99. The van der Waals surface area contributed by atoms with Crippen molar-refractivity contribution in [2.75, 3.05) is 11.5 Å². The highest BCUT2D eigenvalue weighted by Gasteiger charge is 2.27. The first-order valence-electron chi connectivity index (χ1n) is 5.34. The summed E-state index contributed by atoms with van der Waals surface area (Å²) in [6.45, 7) is 0. The van der Waals surface area contributed by atoms with Gasteiger partial charge in [-0.25, -0.2) is 9.78 Å². The highest BCUT2D eigenvalue weighted by molar-refractivity contribution is 9.10. The molecule has 0 saturated carbocycles. The van der Waals surface area contributed by atoms with Crippen LogP contribution in [0.3, 0.4) is 0 Å². The number of benzene rings is 1. The lowest BCUT2D eigenvalue weighted by Gasteiger charge is -1.96. The van der Waals surface area contributed by atoms with Crippen molar-refractivity contribution in [2.24, 2.45) is 4.99 Å². The third kappa shape index (κ3) is 2.24. The van der Waals surface area contributed by atoms with Crippen LogP contribution in [0.1, 0.15) is 5.01 Å². The Kier molecular flexibility index (Phi) is 3.23. The number of thiazole rings is 1. The number of nitrogens with two attached hydrogens (primary N) is 1. The Morgan fingerprint density at radius 3 is 3.00 bits per heavy atom. The molecule has 5 nitrogen and oxygen atoms in total. The minimum atomic E-state index is -0.894. The number of nitrogens with zero attached hydrogens (tertiary/aromatic N) is 2. The number of aromatic nitrogens is 1. The second-order valence-electron chi connectivity index (χ2n) is 3.94. The second kappa shape index (κ2) is 4.77. The summed E-state index contributed by atoms with van der Waals surface area (Å²) in [5.41, 5.74) is 7.32. The van der Waals surface area contributed by atoms with E-state index in [1.54, 1.807) is 6.07 Å². The van der Waals surface area contributed by atoms with Crippen LogP contribution in [0.2, 0.25) is 0 Å². The first-order valence-corrected chi connectivity index (χ1v) is 7.94. The summed E-state index contributed by atoms with van der Waals surface area (Å²) in [5, 5.41) is 10.4. The van der Waals surface area contributed by atoms with E-state index in [-0.39, 0.29) is 0 Å². The van der Waals surface area contributed by atoms with Crippen molar-refractivity contribution in [3.63, 3.8) is 0 Å². The fraction of sp³-hybridized carbons (Fsp3) is 0.182. The van der Waals surface area contributed by atoms with Crippen molar-refractivity contribution in [3.8, 4) is 0 Å². The summed E-state index contributed by atoms with van der Waals surface area (Å²) in [4.78, 5) is 19.6. The Hall–Kier alpha value is -1.12. The smallest absolute Gasteiger partial charge is 0.329 e. The van der Waals surface area contributed by atoms with Crippen molar-refractivity contribution in [1.29, 1.82) is 0 Å². The lowest BCUT2D eigenvalue weighted by Crippen LogP contribution is -2.17. The molecule has 0 fully saturated rings. The minimum absolute atomic E-state index is 0.462. The number of carbonyl (C=O) groups is 1. The third-order valence-corrected chi connectivity index (χ3v) is 6.04. The van der Waals surface area contributed by atoms with Gasteiger partial charge in [0, 0.05) is 11.4 Å². The minimum Gasteiger partial charge on any atom is -0.480 e. The highest BCUT2D eigenvalue weighted by Crippen LogP contribution is 2.36. The van der Waals surface area contributed by atoms with Crippen LogP contribution in [0, 0.1) is 0 Å². The zero-order valence-corrected chi connectivity index (χ0v) is 12.7. The van der Waals surface area contributed by atoms with E-state index < -0.39 is 12.0 Å². The molecule has 2 heterocycles.